The Morgan fingerprint density at radius 1 is 0.773 bits per heavy atom. The van der Waals surface area contributed by atoms with Gasteiger partial charge in [-0.1, -0.05) is 31.0 Å². The van der Waals surface area contributed by atoms with Crippen molar-refractivity contribution in [1.82, 2.24) is 24.9 Å². The van der Waals surface area contributed by atoms with Crippen LogP contribution in [-0.4, -0.2) is 140 Å². The molecule has 1 aliphatic rings. The summed E-state index contributed by atoms with van der Waals surface area (Å²) in [5.74, 6) is -0.548. The minimum Gasteiger partial charge on any atom is -0.480 e. The summed E-state index contributed by atoms with van der Waals surface area (Å²) >= 11 is 0. The average molecular weight is 620 g/mol. The van der Waals surface area contributed by atoms with Gasteiger partial charge in [-0.25, -0.2) is 0 Å². The van der Waals surface area contributed by atoms with Crippen LogP contribution < -0.4 is 5.32 Å². The van der Waals surface area contributed by atoms with Gasteiger partial charge in [0.15, 0.2) is 0 Å². The first-order valence-electron chi connectivity index (χ1n) is 15.0. The molecule has 0 radical (unpaired) electrons. The molecule has 1 saturated heterocycles. The lowest BCUT2D eigenvalue weighted by Crippen LogP contribution is -2.45. The van der Waals surface area contributed by atoms with Crippen LogP contribution in [0.2, 0.25) is 0 Å². The number of aliphatic carboxylic acids is 1. The van der Waals surface area contributed by atoms with Crippen molar-refractivity contribution in [1.29, 1.82) is 0 Å². The molecule has 1 aliphatic heterocycles. The van der Waals surface area contributed by atoms with Crippen LogP contribution in [0.15, 0.2) is 30.3 Å². The predicted octanol–water partition coefficient (Wildman–Crippen LogP) is 1.11. The van der Waals surface area contributed by atoms with E-state index >= 15 is 0 Å². The molecule has 1 unspecified atom stereocenters. The summed E-state index contributed by atoms with van der Waals surface area (Å²) in [6.45, 7) is 9.56. The first-order chi connectivity index (χ1) is 21.1. The molecule has 0 spiro atoms. The van der Waals surface area contributed by atoms with Gasteiger partial charge in [-0.3, -0.25) is 19.3 Å². The Kier molecular flexibility index (Phi) is 23.8. The Morgan fingerprint density at radius 2 is 1.27 bits per heavy atom. The summed E-state index contributed by atoms with van der Waals surface area (Å²) in [5, 5.41) is 12.3. The zero-order valence-electron chi connectivity index (χ0n) is 26.4. The summed E-state index contributed by atoms with van der Waals surface area (Å²) < 4.78 is 0. The molecule has 13 heteroatoms. The third-order valence-corrected chi connectivity index (χ3v) is 7.26. The van der Waals surface area contributed by atoms with Crippen molar-refractivity contribution in [2.24, 2.45) is 0 Å². The number of carboxylic acid groups (broad SMARTS) is 1. The number of carboxylic acids is 1. The van der Waals surface area contributed by atoms with Crippen LogP contribution >= 0.6 is 0 Å². The highest BCUT2D eigenvalue weighted by atomic mass is 16.4. The van der Waals surface area contributed by atoms with Gasteiger partial charge in [-0.15, -0.1) is 0 Å². The van der Waals surface area contributed by atoms with E-state index in [1.54, 1.807) is 0 Å². The molecule has 13 nitrogen and oxygen atoms in total. The van der Waals surface area contributed by atoms with E-state index in [1.165, 1.54) is 0 Å². The number of carbonyl (C=O) groups excluding carboxylic acids is 6. The number of unbranched alkanes of at least 4 members (excludes halogenated alkanes) is 2. The summed E-state index contributed by atoms with van der Waals surface area (Å²) in [4.78, 5) is 77.5. The van der Waals surface area contributed by atoms with Gasteiger partial charge in [0.05, 0.1) is 6.54 Å². The van der Waals surface area contributed by atoms with Gasteiger partial charge in [0.2, 0.25) is 0 Å². The number of carbonyl (C=O) groups is 3. The molecule has 0 bridgehead atoms. The summed E-state index contributed by atoms with van der Waals surface area (Å²) in [6, 6.07) is 9.36. The molecule has 2 N–H and O–H groups in total. The fourth-order valence-corrected chi connectivity index (χ4v) is 4.59. The van der Waals surface area contributed by atoms with E-state index in [0.717, 1.165) is 78.0 Å². The number of nitrogens with zero attached hydrogens (tertiary/aromatic N) is 4. The molecule has 0 aromatic heterocycles. The molecule has 1 fully saturated rings. The molecule has 1 aromatic rings. The van der Waals surface area contributed by atoms with Crippen molar-refractivity contribution in [3.63, 3.8) is 0 Å². The number of rotatable bonds is 13. The van der Waals surface area contributed by atoms with E-state index in [1.807, 2.05) is 42.2 Å². The predicted molar refractivity (Wildman–Crippen MR) is 162 cm³/mol. The Hall–Kier alpha value is -3.57. The molecule has 1 aromatic carbocycles. The van der Waals surface area contributed by atoms with Gasteiger partial charge in [-0.2, -0.15) is 19.2 Å². The first-order valence-corrected chi connectivity index (χ1v) is 15.0. The second-order valence-corrected chi connectivity index (χ2v) is 10.9. The lowest BCUT2D eigenvalue weighted by molar-refractivity contribution is -0.193. The van der Waals surface area contributed by atoms with Gasteiger partial charge >= 0.3 is 18.3 Å². The normalized spacial score (nSPS) is 16.2. The fraction of sp³-hybridized carbons (Fsp3) is 0.645. The number of amides is 1. The van der Waals surface area contributed by atoms with E-state index in [2.05, 4.69) is 34.1 Å². The molecule has 0 saturated carbocycles. The monoisotopic (exact) mass is 619 g/mol. The van der Waals surface area contributed by atoms with E-state index in [9.17, 15) is 19.5 Å². The van der Waals surface area contributed by atoms with Crippen LogP contribution in [0.1, 0.15) is 55.8 Å². The number of hydrogen-bond acceptors (Lipinski definition) is 11. The topological polar surface area (TPSA) is 165 Å². The highest BCUT2D eigenvalue weighted by Crippen LogP contribution is 2.09. The molecule has 1 atom stereocenters. The maximum absolute atomic E-state index is 12.6. The molecule has 246 valence electrons. The second kappa shape index (κ2) is 25.9. The third kappa shape index (κ3) is 22.0. The van der Waals surface area contributed by atoms with Crippen molar-refractivity contribution in [2.75, 3.05) is 79.5 Å². The molecule has 1 heterocycles. The average Bonchev–Trinajstić information content (AvgIpc) is 2.98. The van der Waals surface area contributed by atoms with Crippen molar-refractivity contribution in [3.8, 4) is 0 Å². The molecule has 0 aliphatic carbocycles. The standard InChI is InChI=1S/C29H49N5O4.2CO2/c1-25(30-29(38)26-11-7-5-8-12-26)10-6-4-9-13-27(35)14-15-33-20-18-31(2)16-17-32(3)19-21-34(23-22-33)24-28(36)37;2*2-1-3/h5,7-8,11-12,25H,4,6,9-10,13-24H2,1-3H3,(H,30,38)(H,36,37);;. The van der Waals surface area contributed by atoms with Crippen LogP contribution in [0, 0.1) is 0 Å². The molecule has 2 rings (SSSR count). The number of likely N-dealkylation sites (N-methyl/N-ethyl adjacent to an activating group) is 2. The van der Waals surface area contributed by atoms with Crippen molar-refractivity contribution < 1.29 is 38.7 Å². The van der Waals surface area contributed by atoms with Crippen molar-refractivity contribution >= 4 is 30.0 Å². The Labute approximate surface area is 260 Å². The Morgan fingerprint density at radius 3 is 1.84 bits per heavy atom. The largest absolute Gasteiger partial charge is 0.480 e. The Balaban J connectivity index is 0.00000284. The number of nitrogens with one attached hydrogen (secondary N) is 1. The van der Waals surface area contributed by atoms with Crippen LogP contribution in [-0.2, 0) is 28.8 Å². The minimum absolute atomic E-state index is 0.0420. The van der Waals surface area contributed by atoms with Crippen molar-refractivity contribution in [3.05, 3.63) is 35.9 Å². The lowest BCUT2D eigenvalue weighted by Gasteiger charge is -2.31. The van der Waals surface area contributed by atoms with Crippen molar-refractivity contribution in [2.45, 2.75) is 51.5 Å². The number of Topliss-reactive ketones (excluding diaryl/α,β-unsaturated/α-hetero) is 1. The van der Waals surface area contributed by atoms with Gasteiger partial charge < -0.3 is 25.1 Å². The lowest BCUT2D eigenvalue weighted by atomic mass is 10.1. The zero-order valence-corrected chi connectivity index (χ0v) is 26.4. The molecule has 44 heavy (non-hydrogen) atoms. The van der Waals surface area contributed by atoms with Gasteiger partial charge in [0.1, 0.15) is 5.78 Å². The van der Waals surface area contributed by atoms with E-state index in [4.69, 9.17) is 19.2 Å². The maximum Gasteiger partial charge on any atom is 0.373 e. The smallest absolute Gasteiger partial charge is 0.373 e. The SMILES string of the molecule is CC(CCCCCC(=O)CCN1CCN(C)CCN(C)CCN(CC(=O)O)CC1)NC(=O)c1ccccc1.O=C=O.O=C=O. The van der Waals surface area contributed by atoms with E-state index in [0.29, 0.717) is 30.7 Å². The summed E-state index contributed by atoms with van der Waals surface area (Å²) in [7, 11) is 4.22. The highest BCUT2D eigenvalue weighted by molar-refractivity contribution is 5.94. The molecular formula is C31H49N5O8. The second-order valence-electron chi connectivity index (χ2n) is 10.9. The van der Waals surface area contributed by atoms with Crippen LogP contribution in [0.4, 0.5) is 0 Å². The van der Waals surface area contributed by atoms with Gasteiger partial charge in [0.25, 0.3) is 5.91 Å². The van der Waals surface area contributed by atoms with E-state index in [-0.39, 0.29) is 30.8 Å². The number of benzene rings is 1. The zero-order chi connectivity index (χ0) is 33.2. The van der Waals surface area contributed by atoms with Crippen LogP contribution in [0.3, 0.4) is 0 Å². The minimum atomic E-state index is -0.797. The quantitative estimate of drug-likeness (QED) is 0.303. The third-order valence-electron chi connectivity index (χ3n) is 7.26. The number of hydrogen-bond donors (Lipinski definition) is 2. The number of ketones is 1. The maximum atomic E-state index is 12.6. The molecule has 1 amide bonds. The Bertz CT molecular complexity index is 1000. The van der Waals surface area contributed by atoms with Gasteiger partial charge in [0, 0.05) is 83.3 Å². The summed E-state index contributed by atoms with van der Waals surface area (Å²) in [5.41, 5.74) is 0.677. The first kappa shape index (κ1) is 40.4. The van der Waals surface area contributed by atoms with Gasteiger partial charge in [-0.05, 0) is 46.0 Å². The fourth-order valence-electron chi connectivity index (χ4n) is 4.59. The summed E-state index contributed by atoms with van der Waals surface area (Å²) in [6.07, 6.45) is 5.36. The van der Waals surface area contributed by atoms with Crippen LogP contribution in [0.25, 0.3) is 0 Å². The molecular weight excluding hydrogens is 570 g/mol. The van der Waals surface area contributed by atoms with Crippen LogP contribution in [0.5, 0.6) is 0 Å². The van der Waals surface area contributed by atoms with E-state index < -0.39 is 5.97 Å². The highest BCUT2D eigenvalue weighted by Gasteiger charge is 2.16.